The number of sulfonamides is 1. The molecule has 5 nitrogen and oxygen atoms in total. The summed E-state index contributed by atoms with van der Waals surface area (Å²) in [6.07, 6.45) is 0. The van der Waals surface area contributed by atoms with Crippen molar-refractivity contribution >= 4 is 21.6 Å². The van der Waals surface area contributed by atoms with Gasteiger partial charge in [0.2, 0.25) is 10.0 Å². The number of hydrogen-bond acceptors (Lipinski definition) is 4. The molecule has 1 heterocycles. The fraction of sp³-hybridized carbons (Fsp3) is 0.538. The summed E-state index contributed by atoms with van der Waals surface area (Å²) in [5, 5.41) is 0.197. The van der Waals surface area contributed by atoms with Crippen LogP contribution in [0.15, 0.2) is 23.1 Å². The monoisotopic (exact) mass is 318 g/mol. The summed E-state index contributed by atoms with van der Waals surface area (Å²) in [7, 11) is -2.01. The first-order valence-corrected chi connectivity index (χ1v) is 8.37. The lowest BCUT2D eigenvalue weighted by Gasteiger charge is -2.33. The highest BCUT2D eigenvalue weighted by Gasteiger charge is 2.29. The largest absolute Gasteiger partial charge is 0.497 e. The lowest BCUT2D eigenvalue weighted by Crippen LogP contribution is -2.48. The van der Waals surface area contributed by atoms with E-state index in [1.807, 2.05) is 0 Å². The predicted octanol–water partition coefficient (Wildman–Crippen LogP) is 1.67. The Morgan fingerprint density at radius 2 is 1.90 bits per heavy atom. The highest BCUT2D eigenvalue weighted by atomic mass is 35.5. The summed E-state index contributed by atoms with van der Waals surface area (Å²) in [5.41, 5.74) is 0. The number of ether oxygens (including phenoxy) is 1. The molecule has 0 bridgehead atoms. The van der Waals surface area contributed by atoms with Gasteiger partial charge in [-0.1, -0.05) is 18.5 Å². The first-order chi connectivity index (χ1) is 9.48. The standard InChI is InChI=1S/C13H19ClN2O3S/c1-3-15-6-8-16(9-7-15)20(17,18)13-5-4-11(19-2)10-12(13)14/h4-5,10H,3,6-9H2,1-2H3. The van der Waals surface area contributed by atoms with Crippen LogP contribution < -0.4 is 4.74 Å². The molecule has 0 saturated carbocycles. The normalized spacial score (nSPS) is 18.1. The zero-order chi connectivity index (χ0) is 14.8. The Hall–Kier alpha value is -0.820. The number of likely N-dealkylation sites (N-methyl/N-ethyl adjacent to an activating group) is 1. The maximum absolute atomic E-state index is 12.6. The second-order valence-corrected chi connectivity index (χ2v) is 6.95. The van der Waals surface area contributed by atoms with E-state index in [1.165, 1.54) is 23.5 Å². The van der Waals surface area contributed by atoms with Gasteiger partial charge in [0.1, 0.15) is 10.6 Å². The van der Waals surface area contributed by atoms with Gasteiger partial charge in [-0.15, -0.1) is 0 Å². The minimum absolute atomic E-state index is 0.143. The van der Waals surface area contributed by atoms with Crippen LogP contribution in [0.2, 0.25) is 5.02 Å². The molecule has 112 valence electrons. The van der Waals surface area contributed by atoms with Crippen molar-refractivity contribution in [3.8, 4) is 5.75 Å². The number of methoxy groups -OCH3 is 1. The smallest absolute Gasteiger partial charge is 0.244 e. The highest BCUT2D eigenvalue weighted by Crippen LogP contribution is 2.28. The van der Waals surface area contributed by atoms with Crippen molar-refractivity contribution in [2.45, 2.75) is 11.8 Å². The van der Waals surface area contributed by atoms with Gasteiger partial charge in [0.05, 0.1) is 12.1 Å². The van der Waals surface area contributed by atoms with E-state index in [2.05, 4.69) is 11.8 Å². The Kier molecular flexibility index (Phi) is 4.90. The Bertz CT molecular complexity index is 569. The first kappa shape index (κ1) is 15.6. The number of benzene rings is 1. The van der Waals surface area contributed by atoms with E-state index in [1.54, 1.807) is 6.07 Å². The van der Waals surface area contributed by atoms with E-state index in [0.717, 1.165) is 19.6 Å². The van der Waals surface area contributed by atoms with Crippen molar-refractivity contribution in [1.82, 2.24) is 9.21 Å². The zero-order valence-electron chi connectivity index (χ0n) is 11.7. The molecule has 7 heteroatoms. The quantitative estimate of drug-likeness (QED) is 0.847. The topological polar surface area (TPSA) is 49.9 Å². The van der Waals surface area contributed by atoms with Gasteiger partial charge in [-0.25, -0.2) is 8.42 Å². The molecule has 0 atom stereocenters. The van der Waals surface area contributed by atoms with Gasteiger partial charge in [0.15, 0.2) is 0 Å². The molecular weight excluding hydrogens is 300 g/mol. The minimum Gasteiger partial charge on any atom is -0.497 e. The van der Waals surface area contributed by atoms with E-state index in [4.69, 9.17) is 16.3 Å². The molecule has 1 fully saturated rings. The van der Waals surface area contributed by atoms with E-state index in [0.29, 0.717) is 18.8 Å². The summed E-state index contributed by atoms with van der Waals surface area (Å²) < 4.78 is 31.7. The molecule has 1 aliphatic rings. The van der Waals surface area contributed by atoms with E-state index < -0.39 is 10.0 Å². The van der Waals surface area contributed by atoms with Crippen molar-refractivity contribution in [2.24, 2.45) is 0 Å². The molecule has 1 aromatic carbocycles. The molecule has 20 heavy (non-hydrogen) atoms. The van der Waals surface area contributed by atoms with Crippen LogP contribution in [0, 0.1) is 0 Å². The van der Waals surface area contributed by atoms with Crippen molar-refractivity contribution in [3.63, 3.8) is 0 Å². The summed E-state index contributed by atoms with van der Waals surface area (Å²) >= 11 is 6.07. The van der Waals surface area contributed by atoms with Crippen LogP contribution in [0.1, 0.15) is 6.92 Å². The number of hydrogen-bond donors (Lipinski definition) is 0. The van der Waals surface area contributed by atoms with Gasteiger partial charge in [-0.2, -0.15) is 4.31 Å². The Balaban J connectivity index is 2.23. The molecular formula is C13H19ClN2O3S. The average molecular weight is 319 g/mol. The van der Waals surface area contributed by atoms with E-state index in [9.17, 15) is 8.42 Å². The highest BCUT2D eigenvalue weighted by molar-refractivity contribution is 7.89. The van der Waals surface area contributed by atoms with Gasteiger partial charge in [0, 0.05) is 32.2 Å². The van der Waals surface area contributed by atoms with Crippen molar-refractivity contribution in [2.75, 3.05) is 39.8 Å². The number of rotatable bonds is 4. The third kappa shape index (κ3) is 3.09. The van der Waals surface area contributed by atoms with Crippen LogP contribution in [-0.4, -0.2) is 57.5 Å². The number of halogens is 1. The van der Waals surface area contributed by atoms with Crippen LogP contribution in [0.5, 0.6) is 5.75 Å². The molecule has 0 N–H and O–H groups in total. The molecule has 1 aliphatic heterocycles. The Morgan fingerprint density at radius 3 is 2.40 bits per heavy atom. The molecule has 0 radical (unpaired) electrons. The molecule has 1 saturated heterocycles. The molecule has 0 unspecified atom stereocenters. The second kappa shape index (κ2) is 6.30. The van der Waals surface area contributed by atoms with Gasteiger partial charge < -0.3 is 9.64 Å². The fourth-order valence-electron chi connectivity index (χ4n) is 2.24. The lowest BCUT2D eigenvalue weighted by atomic mass is 10.3. The minimum atomic E-state index is -3.53. The van der Waals surface area contributed by atoms with Gasteiger partial charge in [0.25, 0.3) is 0 Å². The third-order valence-corrected chi connectivity index (χ3v) is 5.92. The number of piperazine rings is 1. The molecule has 0 amide bonds. The van der Waals surface area contributed by atoms with Gasteiger partial charge >= 0.3 is 0 Å². The molecule has 0 spiro atoms. The summed E-state index contributed by atoms with van der Waals surface area (Å²) in [5.74, 6) is 0.546. The average Bonchev–Trinajstić information content (AvgIpc) is 2.46. The maximum atomic E-state index is 12.6. The van der Waals surface area contributed by atoms with Crippen molar-refractivity contribution < 1.29 is 13.2 Å². The van der Waals surface area contributed by atoms with Crippen molar-refractivity contribution in [1.29, 1.82) is 0 Å². The number of nitrogens with zero attached hydrogens (tertiary/aromatic N) is 2. The SMILES string of the molecule is CCN1CCN(S(=O)(=O)c2ccc(OC)cc2Cl)CC1. The molecule has 1 aromatic rings. The van der Waals surface area contributed by atoms with Crippen LogP contribution in [0.4, 0.5) is 0 Å². The molecule has 2 rings (SSSR count). The fourth-order valence-corrected chi connectivity index (χ4v) is 4.17. The lowest BCUT2D eigenvalue weighted by molar-refractivity contribution is 0.196. The van der Waals surface area contributed by atoms with Crippen LogP contribution in [0.25, 0.3) is 0 Å². The summed E-state index contributed by atoms with van der Waals surface area (Å²) in [6.45, 7) is 5.52. The van der Waals surface area contributed by atoms with E-state index in [-0.39, 0.29) is 9.92 Å². The third-order valence-electron chi connectivity index (χ3n) is 3.54. The molecule has 0 aliphatic carbocycles. The van der Waals surface area contributed by atoms with Crippen molar-refractivity contribution in [3.05, 3.63) is 23.2 Å². The van der Waals surface area contributed by atoms with Crippen LogP contribution in [0.3, 0.4) is 0 Å². The predicted molar refractivity (Wildman–Crippen MR) is 78.9 cm³/mol. The summed E-state index contributed by atoms with van der Waals surface area (Å²) in [6, 6.07) is 4.64. The summed E-state index contributed by atoms with van der Waals surface area (Å²) in [4.78, 5) is 2.37. The van der Waals surface area contributed by atoms with Gasteiger partial charge in [-0.05, 0) is 18.7 Å². The Labute approximate surface area is 125 Å². The Morgan fingerprint density at radius 1 is 1.25 bits per heavy atom. The van der Waals surface area contributed by atoms with Crippen LogP contribution >= 0.6 is 11.6 Å². The van der Waals surface area contributed by atoms with Crippen LogP contribution in [-0.2, 0) is 10.0 Å². The molecule has 0 aromatic heterocycles. The zero-order valence-corrected chi connectivity index (χ0v) is 13.2. The second-order valence-electron chi connectivity index (χ2n) is 4.63. The maximum Gasteiger partial charge on any atom is 0.244 e. The van der Waals surface area contributed by atoms with E-state index >= 15 is 0 Å². The first-order valence-electron chi connectivity index (χ1n) is 6.55. The van der Waals surface area contributed by atoms with Gasteiger partial charge in [-0.3, -0.25) is 0 Å².